The Morgan fingerprint density at radius 2 is 1.53 bits per heavy atom. The van der Waals surface area contributed by atoms with E-state index in [-0.39, 0.29) is 18.4 Å². The average Bonchev–Trinajstić information content (AvgIpc) is 2.82. The van der Waals surface area contributed by atoms with Gasteiger partial charge in [0.25, 0.3) is 5.91 Å². The first-order chi connectivity index (χ1) is 17.0. The molecule has 0 aliphatic heterocycles. The second-order valence-corrected chi connectivity index (χ2v) is 10.5. The highest BCUT2D eigenvalue weighted by molar-refractivity contribution is 5.89. The van der Waals surface area contributed by atoms with Gasteiger partial charge < -0.3 is 15.0 Å². The molecule has 36 heavy (non-hydrogen) atoms. The van der Waals surface area contributed by atoms with E-state index in [9.17, 15) is 9.59 Å². The van der Waals surface area contributed by atoms with Gasteiger partial charge in [-0.05, 0) is 75.9 Å². The van der Waals surface area contributed by atoms with Gasteiger partial charge in [-0.3, -0.25) is 9.59 Å². The Bertz CT molecular complexity index is 1160. The zero-order chi connectivity index (χ0) is 26.3. The molecule has 0 bridgehead atoms. The van der Waals surface area contributed by atoms with Crippen LogP contribution in [0.1, 0.15) is 48.6 Å². The number of ether oxygens (including phenoxy) is 1. The summed E-state index contributed by atoms with van der Waals surface area (Å²) in [7, 11) is 0. The standard InChI is InChI=1S/C31H38N2O3/c1-22-12-15-26(16-13-22)20-33(29(34)21-36-27-17-14-23(2)24(3)18-27)28(30(35)32-31(4,5)6)19-25-10-8-7-9-11-25/h7-18,28H,19-21H2,1-6H3,(H,32,35). The second kappa shape index (κ2) is 11.9. The molecule has 0 aromatic heterocycles. The molecule has 190 valence electrons. The maximum atomic E-state index is 13.7. The Morgan fingerprint density at radius 1 is 0.861 bits per heavy atom. The Kier molecular flexibility index (Phi) is 8.92. The van der Waals surface area contributed by atoms with E-state index < -0.39 is 11.6 Å². The zero-order valence-corrected chi connectivity index (χ0v) is 22.3. The Hall–Kier alpha value is -3.60. The maximum absolute atomic E-state index is 13.7. The van der Waals surface area contributed by atoms with Crippen LogP contribution in [0.25, 0.3) is 0 Å². The minimum atomic E-state index is -0.691. The summed E-state index contributed by atoms with van der Waals surface area (Å²) in [5.41, 5.74) is 4.92. The number of rotatable bonds is 9. The number of amides is 2. The molecule has 0 spiro atoms. The fourth-order valence-corrected chi connectivity index (χ4v) is 3.93. The fourth-order valence-electron chi connectivity index (χ4n) is 3.93. The molecule has 1 atom stereocenters. The summed E-state index contributed by atoms with van der Waals surface area (Å²) in [5, 5.41) is 3.08. The van der Waals surface area contributed by atoms with Crippen molar-refractivity contribution in [2.75, 3.05) is 6.61 Å². The highest BCUT2D eigenvalue weighted by atomic mass is 16.5. The molecule has 0 radical (unpaired) electrons. The van der Waals surface area contributed by atoms with Gasteiger partial charge >= 0.3 is 0 Å². The highest BCUT2D eigenvalue weighted by Crippen LogP contribution is 2.19. The smallest absolute Gasteiger partial charge is 0.261 e. The topological polar surface area (TPSA) is 58.6 Å². The van der Waals surface area contributed by atoms with Crippen molar-refractivity contribution in [2.24, 2.45) is 0 Å². The van der Waals surface area contributed by atoms with Crippen LogP contribution in [0.2, 0.25) is 0 Å². The lowest BCUT2D eigenvalue weighted by Gasteiger charge is -2.33. The molecule has 0 heterocycles. The molecule has 5 nitrogen and oxygen atoms in total. The van der Waals surface area contributed by atoms with Gasteiger partial charge in [-0.15, -0.1) is 0 Å². The first-order valence-corrected chi connectivity index (χ1v) is 12.4. The van der Waals surface area contributed by atoms with E-state index in [0.717, 1.165) is 27.8 Å². The lowest BCUT2D eigenvalue weighted by atomic mass is 10.0. The van der Waals surface area contributed by atoms with Crippen LogP contribution in [0.4, 0.5) is 0 Å². The Labute approximate surface area is 215 Å². The van der Waals surface area contributed by atoms with Crippen molar-refractivity contribution in [3.8, 4) is 5.75 Å². The van der Waals surface area contributed by atoms with Gasteiger partial charge in [-0.2, -0.15) is 0 Å². The van der Waals surface area contributed by atoms with Crippen molar-refractivity contribution in [3.63, 3.8) is 0 Å². The minimum absolute atomic E-state index is 0.150. The SMILES string of the molecule is Cc1ccc(CN(C(=O)COc2ccc(C)c(C)c2)C(Cc2ccccc2)C(=O)NC(C)(C)C)cc1. The van der Waals surface area contributed by atoms with E-state index in [4.69, 9.17) is 4.74 Å². The minimum Gasteiger partial charge on any atom is -0.484 e. The summed E-state index contributed by atoms with van der Waals surface area (Å²) in [4.78, 5) is 28.9. The summed E-state index contributed by atoms with van der Waals surface area (Å²) in [6.45, 7) is 12.1. The third-order valence-electron chi connectivity index (χ3n) is 6.08. The van der Waals surface area contributed by atoms with Crippen LogP contribution in [0.3, 0.4) is 0 Å². The van der Waals surface area contributed by atoms with Crippen LogP contribution in [-0.2, 0) is 22.6 Å². The normalized spacial score (nSPS) is 12.1. The van der Waals surface area contributed by atoms with Gasteiger partial charge in [-0.25, -0.2) is 0 Å². The van der Waals surface area contributed by atoms with E-state index >= 15 is 0 Å². The van der Waals surface area contributed by atoms with E-state index in [1.165, 1.54) is 0 Å². The zero-order valence-electron chi connectivity index (χ0n) is 22.3. The lowest BCUT2D eigenvalue weighted by Crippen LogP contribution is -2.55. The number of nitrogens with zero attached hydrogens (tertiary/aromatic N) is 1. The molecule has 5 heteroatoms. The molecule has 2 amide bonds. The molecular formula is C31H38N2O3. The van der Waals surface area contributed by atoms with Crippen molar-refractivity contribution >= 4 is 11.8 Å². The van der Waals surface area contributed by atoms with Gasteiger partial charge in [0.05, 0.1) is 0 Å². The molecule has 3 aromatic rings. The van der Waals surface area contributed by atoms with Crippen molar-refractivity contribution in [1.29, 1.82) is 0 Å². The van der Waals surface area contributed by atoms with Crippen molar-refractivity contribution < 1.29 is 14.3 Å². The maximum Gasteiger partial charge on any atom is 0.261 e. The fraction of sp³-hybridized carbons (Fsp3) is 0.355. The third-order valence-corrected chi connectivity index (χ3v) is 6.08. The van der Waals surface area contributed by atoms with Gasteiger partial charge in [0.15, 0.2) is 6.61 Å². The van der Waals surface area contributed by atoms with E-state index in [2.05, 4.69) is 5.32 Å². The lowest BCUT2D eigenvalue weighted by molar-refractivity contribution is -0.143. The van der Waals surface area contributed by atoms with E-state index in [1.807, 2.05) is 114 Å². The number of carbonyl (C=O) groups excluding carboxylic acids is 2. The van der Waals surface area contributed by atoms with Crippen LogP contribution < -0.4 is 10.1 Å². The summed E-state index contributed by atoms with van der Waals surface area (Å²) < 4.78 is 5.90. The summed E-state index contributed by atoms with van der Waals surface area (Å²) >= 11 is 0. The van der Waals surface area contributed by atoms with Gasteiger partial charge in [0.2, 0.25) is 5.91 Å². The largest absolute Gasteiger partial charge is 0.484 e. The molecule has 0 aliphatic rings. The molecular weight excluding hydrogens is 448 g/mol. The Balaban J connectivity index is 1.92. The first-order valence-electron chi connectivity index (χ1n) is 12.4. The van der Waals surface area contributed by atoms with Crippen LogP contribution in [0, 0.1) is 20.8 Å². The van der Waals surface area contributed by atoms with Gasteiger partial charge in [0.1, 0.15) is 11.8 Å². The summed E-state index contributed by atoms with van der Waals surface area (Å²) in [6.07, 6.45) is 0.407. The molecule has 0 fully saturated rings. The molecule has 3 aromatic carbocycles. The predicted molar refractivity (Wildman–Crippen MR) is 145 cm³/mol. The monoisotopic (exact) mass is 486 g/mol. The van der Waals surface area contributed by atoms with Gasteiger partial charge in [0, 0.05) is 18.5 Å². The average molecular weight is 487 g/mol. The molecule has 1 N–H and O–H groups in total. The van der Waals surface area contributed by atoms with E-state index in [1.54, 1.807) is 4.90 Å². The molecule has 0 saturated carbocycles. The van der Waals surface area contributed by atoms with Gasteiger partial charge in [-0.1, -0.05) is 66.2 Å². The highest BCUT2D eigenvalue weighted by Gasteiger charge is 2.32. The number of carbonyl (C=O) groups is 2. The number of aryl methyl sites for hydroxylation is 3. The van der Waals surface area contributed by atoms with Crippen LogP contribution in [0.5, 0.6) is 5.75 Å². The van der Waals surface area contributed by atoms with Crippen LogP contribution in [0.15, 0.2) is 72.8 Å². The molecule has 3 rings (SSSR count). The van der Waals surface area contributed by atoms with Crippen LogP contribution >= 0.6 is 0 Å². The number of benzene rings is 3. The Morgan fingerprint density at radius 3 is 2.14 bits per heavy atom. The number of nitrogens with one attached hydrogen (secondary N) is 1. The summed E-state index contributed by atoms with van der Waals surface area (Å²) in [5.74, 6) is 0.220. The molecule has 0 aliphatic carbocycles. The third kappa shape index (κ3) is 7.98. The van der Waals surface area contributed by atoms with Crippen molar-refractivity contribution in [1.82, 2.24) is 10.2 Å². The predicted octanol–water partition coefficient (Wildman–Crippen LogP) is 5.55. The number of hydrogen-bond acceptors (Lipinski definition) is 3. The molecule has 0 saturated heterocycles. The van der Waals surface area contributed by atoms with E-state index in [0.29, 0.717) is 18.7 Å². The van der Waals surface area contributed by atoms with Crippen LogP contribution in [-0.4, -0.2) is 34.9 Å². The molecule has 1 unspecified atom stereocenters. The first kappa shape index (κ1) is 27.0. The van der Waals surface area contributed by atoms with Crippen molar-refractivity contribution in [2.45, 2.75) is 66.1 Å². The second-order valence-electron chi connectivity index (χ2n) is 10.5. The van der Waals surface area contributed by atoms with Crippen molar-refractivity contribution in [3.05, 3.63) is 101 Å². The summed E-state index contributed by atoms with van der Waals surface area (Å²) in [6, 6.07) is 22.9. The number of hydrogen-bond donors (Lipinski definition) is 1. The quantitative estimate of drug-likeness (QED) is 0.432.